The van der Waals surface area contributed by atoms with Gasteiger partial charge >= 0.3 is 0 Å². The van der Waals surface area contributed by atoms with Gasteiger partial charge in [0.15, 0.2) is 0 Å². The van der Waals surface area contributed by atoms with Crippen molar-refractivity contribution in [2.75, 3.05) is 6.61 Å². The molecule has 1 rings (SSSR count). The number of halogens is 1. The van der Waals surface area contributed by atoms with Crippen molar-refractivity contribution >= 4 is 11.6 Å². The van der Waals surface area contributed by atoms with Crippen molar-refractivity contribution in [3.05, 3.63) is 34.3 Å². The van der Waals surface area contributed by atoms with E-state index < -0.39 is 0 Å². The zero-order valence-corrected chi connectivity index (χ0v) is 9.02. The smallest absolute Gasteiger partial charge is 0.0522 e. The lowest BCUT2D eigenvalue weighted by molar-refractivity contribution is 0.218. The average Bonchev–Trinajstić information content (AvgIpc) is 2.03. The van der Waals surface area contributed by atoms with Crippen LogP contribution in [0.15, 0.2) is 18.2 Å². The van der Waals surface area contributed by atoms with Gasteiger partial charge in [0, 0.05) is 10.4 Å². The highest BCUT2D eigenvalue weighted by Gasteiger charge is 2.20. The van der Waals surface area contributed by atoms with E-state index in [1.54, 1.807) is 0 Å². The van der Waals surface area contributed by atoms with Crippen LogP contribution in [-0.2, 0) is 5.41 Å². The van der Waals surface area contributed by atoms with Crippen LogP contribution < -0.4 is 0 Å². The highest BCUT2D eigenvalue weighted by atomic mass is 35.5. The molecule has 1 N–H and O–H groups in total. The second-order valence-electron chi connectivity index (χ2n) is 4.00. The van der Waals surface area contributed by atoms with E-state index in [-0.39, 0.29) is 12.0 Å². The van der Waals surface area contributed by atoms with Gasteiger partial charge in [-0.2, -0.15) is 0 Å². The minimum Gasteiger partial charge on any atom is -0.395 e. The van der Waals surface area contributed by atoms with E-state index in [2.05, 4.69) is 0 Å². The second kappa shape index (κ2) is 3.69. The third kappa shape index (κ3) is 2.23. The van der Waals surface area contributed by atoms with Gasteiger partial charge in [0.2, 0.25) is 0 Å². The maximum atomic E-state index is 9.21. The molecule has 0 amide bonds. The Labute approximate surface area is 84.4 Å². The summed E-state index contributed by atoms with van der Waals surface area (Å²) >= 11 is 5.85. The van der Waals surface area contributed by atoms with Crippen molar-refractivity contribution in [1.29, 1.82) is 0 Å². The van der Waals surface area contributed by atoms with Crippen LogP contribution in [0, 0.1) is 6.92 Å². The van der Waals surface area contributed by atoms with Crippen LogP contribution in [0.4, 0.5) is 0 Å². The van der Waals surface area contributed by atoms with Crippen LogP contribution >= 0.6 is 11.6 Å². The first-order chi connectivity index (χ1) is 5.97. The van der Waals surface area contributed by atoms with Crippen molar-refractivity contribution in [2.45, 2.75) is 26.2 Å². The Kier molecular flexibility index (Phi) is 2.99. The molecule has 0 saturated carbocycles. The van der Waals surface area contributed by atoms with E-state index in [1.807, 2.05) is 39.0 Å². The number of rotatable bonds is 2. The highest BCUT2D eigenvalue weighted by Crippen LogP contribution is 2.27. The Morgan fingerprint density at radius 1 is 1.38 bits per heavy atom. The fraction of sp³-hybridized carbons (Fsp3) is 0.455. The van der Waals surface area contributed by atoms with Gasteiger partial charge in [-0.25, -0.2) is 0 Å². The first-order valence-electron chi connectivity index (χ1n) is 4.35. The van der Waals surface area contributed by atoms with Gasteiger partial charge in [-0.1, -0.05) is 31.5 Å². The minimum absolute atomic E-state index is 0.148. The van der Waals surface area contributed by atoms with Gasteiger partial charge in [-0.15, -0.1) is 0 Å². The fourth-order valence-corrected chi connectivity index (χ4v) is 1.70. The normalized spacial score (nSPS) is 11.8. The van der Waals surface area contributed by atoms with Crippen molar-refractivity contribution < 1.29 is 5.11 Å². The summed E-state index contributed by atoms with van der Waals surface area (Å²) in [5.74, 6) is 0. The quantitative estimate of drug-likeness (QED) is 0.775. The molecule has 0 unspecified atom stereocenters. The lowest BCUT2D eigenvalue weighted by Crippen LogP contribution is -2.23. The molecule has 1 aromatic rings. The van der Waals surface area contributed by atoms with E-state index >= 15 is 0 Å². The zero-order valence-electron chi connectivity index (χ0n) is 8.26. The van der Waals surface area contributed by atoms with Crippen molar-refractivity contribution in [1.82, 2.24) is 0 Å². The summed E-state index contributed by atoms with van der Waals surface area (Å²) < 4.78 is 0. The summed E-state index contributed by atoms with van der Waals surface area (Å²) in [5, 5.41) is 9.95. The topological polar surface area (TPSA) is 20.2 Å². The molecule has 0 radical (unpaired) electrons. The molecule has 0 aliphatic heterocycles. The Morgan fingerprint density at radius 2 is 2.00 bits per heavy atom. The molecule has 0 spiro atoms. The summed E-state index contributed by atoms with van der Waals surface area (Å²) in [5.41, 5.74) is 2.10. The standard InChI is InChI=1S/C11H15ClO/c1-8-6-9(12)4-5-10(8)11(2,3)7-13/h4-6,13H,7H2,1-3H3. The molecular formula is C11H15ClO. The van der Waals surface area contributed by atoms with Gasteiger partial charge in [-0.05, 0) is 30.2 Å². The molecule has 0 fully saturated rings. The summed E-state index contributed by atoms with van der Waals surface area (Å²) in [6.07, 6.45) is 0. The number of aryl methyl sites for hydroxylation is 1. The third-order valence-electron chi connectivity index (χ3n) is 2.31. The molecule has 0 heterocycles. The zero-order chi connectivity index (χ0) is 10.1. The average molecular weight is 199 g/mol. The number of aliphatic hydroxyl groups excluding tert-OH is 1. The Bertz CT molecular complexity index is 305. The van der Waals surface area contributed by atoms with Crippen LogP contribution in [0.5, 0.6) is 0 Å². The van der Waals surface area contributed by atoms with E-state index in [0.717, 1.165) is 16.1 Å². The fourth-order valence-electron chi connectivity index (χ4n) is 1.47. The molecule has 13 heavy (non-hydrogen) atoms. The molecule has 0 saturated heterocycles. The lowest BCUT2D eigenvalue weighted by Gasteiger charge is -2.24. The van der Waals surface area contributed by atoms with E-state index in [0.29, 0.717) is 0 Å². The number of hydrogen-bond acceptors (Lipinski definition) is 1. The van der Waals surface area contributed by atoms with Crippen molar-refractivity contribution in [2.24, 2.45) is 0 Å². The lowest BCUT2D eigenvalue weighted by atomic mass is 9.83. The number of hydrogen-bond donors (Lipinski definition) is 1. The van der Waals surface area contributed by atoms with Gasteiger partial charge in [-0.3, -0.25) is 0 Å². The third-order valence-corrected chi connectivity index (χ3v) is 2.55. The molecule has 0 aromatic heterocycles. The Hall–Kier alpha value is -0.530. The molecule has 0 aliphatic rings. The van der Waals surface area contributed by atoms with E-state index in [4.69, 9.17) is 11.6 Å². The maximum absolute atomic E-state index is 9.21. The molecule has 72 valence electrons. The largest absolute Gasteiger partial charge is 0.395 e. The van der Waals surface area contributed by atoms with Crippen LogP contribution in [-0.4, -0.2) is 11.7 Å². The minimum atomic E-state index is -0.186. The predicted molar refractivity (Wildman–Crippen MR) is 56.3 cm³/mol. The van der Waals surface area contributed by atoms with Gasteiger partial charge in [0.1, 0.15) is 0 Å². The van der Waals surface area contributed by atoms with E-state index in [9.17, 15) is 5.11 Å². The number of aliphatic hydroxyl groups is 1. The van der Waals surface area contributed by atoms with Crippen LogP contribution in [0.1, 0.15) is 25.0 Å². The van der Waals surface area contributed by atoms with Gasteiger partial charge in [0.25, 0.3) is 0 Å². The SMILES string of the molecule is Cc1cc(Cl)ccc1C(C)(C)CO. The number of benzene rings is 1. The molecule has 1 nitrogen and oxygen atoms in total. The summed E-state index contributed by atoms with van der Waals surface area (Å²) in [4.78, 5) is 0. The van der Waals surface area contributed by atoms with Crippen LogP contribution in [0.3, 0.4) is 0 Å². The Morgan fingerprint density at radius 3 is 2.46 bits per heavy atom. The monoisotopic (exact) mass is 198 g/mol. The maximum Gasteiger partial charge on any atom is 0.0522 e. The molecule has 2 heteroatoms. The highest BCUT2D eigenvalue weighted by molar-refractivity contribution is 6.30. The Balaban J connectivity index is 3.16. The van der Waals surface area contributed by atoms with Gasteiger partial charge in [0.05, 0.1) is 6.61 Å². The molecular weight excluding hydrogens is 184 g/mol. The van der Waals surface area contributed by atoms with Crippen molar-refractivity contribution in [3.63, 3.8) is 0 Å². The first-order valence-corrected chi connectivity index (χ1v) is 4.72. The summed E-state index contributed by atoms with van der Waals surface area (Å²) in [6.45, 7) is 6.20. The van der Waals surface area contributed by atoms with E-state index in [1.165, 1.54) is 0 Å². The van der Waals surface area contributed by atoms with Crippen molar-refractivity contribution in [3.8, 4) is 0 Å². The van der Waals surface area contributed by atoms with Gasteiger partial charge < -0.3 is 5.11 Å². The molecule has 1 aromatic carbocycles. The van der Waals surface area contributed by atoms with Crippen LogP contribution in [0.2, 0.25) is 5.02 Å². The molecule has 0 aliphatic carbocycles. The molecule has 0 atom stereocenters. The summed E-state index contributed by atoms with van der Waals surface area (Å²) in [6, 6.07) is 5.77. The predicted octanol–water partition coefficient (Wildman–Crippen LogP) is 2.92. The summed E-state index contributed by atoms with van der Waals surface area (Å²) in [7, 11) is 0. The molecule has 0 bridgehead atoms. The van der Waals surface area contributed by atoms with Crippen LogP contribution in [0.25, 0.3) is 0 Å². The second-order valence-corrected chi connectivity index (χ2v) is 4.44. The first kappa shape index (κ1) is 10.6.